The number of aromatic nitrogens is 1. The number of methoxy groups -OCH3 is 1. The van der Waals surface area contributed by atoms with Crippen molar-refractivity contribution in [3.05, 3.63) is 63.8 Å². The second kappa shape index (κ2) is 7.74. The molecule has 6 nitrogen and oxygen atoms in total. The number of nitrogens with one attached hydrogen (secondary N) is 1. The molecule has 1 heterocycles. The average Bonchev–Trinajstić information content (AvgIpc) is 2.52. The fraction of sp³-hybridized carbons (Fsp3) is 0.294. The normalized spacial score (nSPS) is 12.0. The van der Waals surface area contributed by atoms with Crippen molar-refractivity contribution in [1.29, 1.82) is 0 Å². The van der Waals surface area contributed by atoms with Crippen molar-refractivity contribution in [3.8, 4) is 5.75 Å². The lowest BCUT2D eigenvalue weighted by molar-refractivity contribution is 0.0538. The molecule has 1 amide bonds. The Labute approximate surface area is 138 Å². The second-order valence-corrected chi connectivity index (χ2v) is 5.46. The van der Waals surface area contributed by atoms with E-state index >= 15 is 0 Å². The molecule has 1 unspecified atom stereocenters. The van der Waals surface area contributed by atoms with Gasteiger partial charge in [-0.1, -0.05) is 12.1 Å². The van der Waals surface area contributed by atoms with Crippen LogP contribution < -0.4 is 5.56 Å². The number of carbonyl (C=O) groups excluding carboxylic acids is 1. The molecule has 1 aromatic heterocycles. The van der Waals surface area contributed by atoms with Gasteiger partial charge in [-0.15, -0.1) is 0 Å². The van der Waals surface area contributed by atoms with E-state index in [1.165, 1.54) is 24.1 Å². The summed E-state index contributed by atoms with van der Waals surface area (Å²) in [6.45, 7) is 2.19. The maximum Gasteiger partial charge on any atom is 0.259 e. The molecule has 2 aromatic rings. The van der Waals surface area contributed by atoms with Gasteiger partial charge in [-0.25, -0.2) is 4.39 Å². The number of halogens is 1. The second-order valence-electron chi connectivity index (χ2n) is 5.46. The van der Waals surface area contributed by atoms with Gasteiger partial charge in [0.1, 0.15) is 11.6 Å². The third-order valence-electron chi connectivity index (χ3n) is 3.58. The zero-order chi connectivity index (χ0) is 17.7. The molecule has 0 aliphatic carbocycles. The maximum atomic E-state index is 13.4. The number of amides is 1. The molecule has 2 rings (SSSR count). The Kier molecular flexibility index (Phi) is 5.70. The molecule has 0 radical (unpaired) electrons. The average molecular weight is 334 g/mol. The summed E-state index contributed by atoms with van der Waals surface area (Å²) < 4.78 is 18.5. The SMILES string of the molecule is COCC(C)N(Cc1cccc(F)c1)C(=O)c1c[nH]c(=O)cc1O. The van der Waals surface area contributed by atoms with Crippen LogP contribution in [0.25, 0.3) is 0 Å². The topological polar surface area (TPSA) is 82.6 Å². The molecule has 1 atom stereocenters. The number of aromatic hydroxyl groups is 1. The van der Waals surface area contributed by atoms with Crippen LogP contribution in [0.15, 0.2) is 41.3 Å². The van der Waals surface area contributed by atoms with Crippen LogP contribution >= 0.6 is 0 Å². The number of pyridine rings is 1. The van der Waals surface area contributed by atoms with Gasteiger partial charge >= 0.3 is 0 Å². The fourth-order valence-corrected chi connectivity index (χ4v) is 2.38. The van der Waals surface area contributed by atoms with Crippen molar-refractivity contribution in [3.63, 3.8) is 0 Å². The maximum absolute atomic E-state index is 13.4. The summed E-state index contributed by atoms with van der Waals surface area (Å²) in [7, 11) is 1.51. The molecule has 0 bridgehead atoms. The number of rotatable bonds is 6. The molecule has 0 spiro atoms. The lowest BCUT2D eigenvalue weighted by Crippen LogP contribution is -2.40. The Morgan fingerprint density at radius 3 is 2.79 bits per heavy atom. The molecule has 24 heavy (non-hydrogen) atoms. The third kappa shape index (κ3) is 4.20. The van der Waals surface area contributed by atoms with Crippen molar-refractivity contribution in [2.24, 2.45) is 0 Å². The van der Waals surface area contributed by atoms with E-state index in [1.807, 2.05) is 0 Å². The first-order valence-corrected chi connectivity index (χ1v) is 7.38. The van der Waals surface area contributed by atoms with Crippen LogP contribution in [-0.2, 0) is 11.3 Å². The number of hydrogen-bond acceptors (Lipinski definition) is 4. The minimum Gasteiger partial charge on any atom is -0.507 e. The van der Waals surface area contributed by atoms with Gasteiger partial charge in [0.25, 0.3) is 11.5 Å². The Hall–Kier alpha value is -2.67. The monoisotopic (exact) mass is 334 g/mol. The Balaban J connectivity index is 2.34. The summed E-state index contributed by atoms with van der Waals surface area (Å²) in [6, 6.07) is 6.54. The molecular weight excluding hydrogens is 315 g/mol. The van der Waals surface area contributed by atoms with Crippen molar-refractivity contribution in [2.45, 2.75) is 19.5 Å². The minimum atomic E-state index is -0.509. The van der Waals surface area contributed by atoms with Gasteiger partial charge in [-0.2, -0.15) is 0 Å². The van der Waals surface area contributed by atoms with Crippen LogP contribution in [-0.4, -0.2) is 40.7 Å². The summed E-state index contributed by atoms with van der Waals surface area (Å²) in [6.07, 6.45) is 1.16. The highest BCUT2D eigenvalue weighted by Crippen LogP contribution is 2.19. The van der Waals surface area contributed by atoms with E-state index in [1.54, 1.807) is 19.1 Å². The highest BCUT2D eigenvalue weighted by Gasteiger charge is 2.24. The molecule has 2 N–H and O–H groups in total. The van der Waals surface area contributed by atoms with Crippen LogP contribution in [0.3, 0.4) is 0 Å². The van der Waals surface area contributed by atoms with Crippen molar-refractivity contribution in [2.75, 3.05) is 13.7 Å². The Bertz CT molecular complexity index is 775. The van der Waals surface area contributed by atoms with E-state index in [9.17, 15) is 19.1 Å². The summed E-state index contributed by atoms with van der Waals surface area (Å²) >= 11 is 0. The number of benzene rings is 1. The van der Waals surface area contributed by atoms with Crippen molar-refractivity contribution >= 4 is 5.91 Å². The molecule has 0 fully saturated rings. The lowest BCUT2D eigenvalue weighted by atomic mass is 10.1. The van der Waals surface area contributed by atoms with Gasteiger partial charge in [0, 0.05) is 25.9 Å². The van der Waals surface area contributed by atoms with Crippen molar-refractivity contribution < 1.29 is 19.0 Å². The molecule has 0 saturated heterocycles. The highest BCUT2D eigenvalue weighted by molar-refractivity contribution is 5.96. The number of nitrogens with zero attached hydrogens (tertiary/aromatic N) is 1. The number of carbonyl (C=O) groups is 1. The third-order valence-corrected chi connectivity index (χ3v) is 3.58. The first-order chi connectivity index (χ1) is 11.4. The first kappa shape index (κ1) is 17.7. The van der Waals surface area contributed by atoms with Crippen LogP contribution in [0.1, 0.15) is 22.8 Å². The standard InChI is InChI=1S/C17H19FN2O4/c1-11(10-24-2)20(9-12-4-3-5-13(18)6-12)17(23)14-8-19-16(22)7-15(14)21/h3-8,11H,9-10H2,1-2H3,(H2,19,21,22). The Morgan fingerprint density at radius 2 is 2.17 bits per heavy atom. The van der Waals surface area contributed by atoms with Crippen LogP contribution in [0.4, 0.5) is 4.39 Å². The smallest absolute Gasteiger partial charge is 0.259 e. The van der Waals surface area contributed by atoms with Gasteiger partial charge in [-0.3, -0.25) is 9.59 Å². The predicted octanol–water partition coefficient (Wildman–Crippen LogP) is 1.90. The molecular formula is C17H19FN2O4. The van der Waals surface area contributed by atoms with Gasteiger partial charge in [0.2, 0.25) is 0 Å². The lowest BCUT2D eigenvalue weighted by Gasteiger charge is -2.29. The minimum absolute atomic E-state index is 0.0334. The summed E-state index contributed by atoms with van der Waals surface area (Å²) in [5.74, 6) is -1.29. The van der Waals surface area contributed by atoms with E-state index in [4.69, 9.17) is 4.74 Å². The molecule has 1 aromatic carbocycles. The summed E-state index contributed by atoms with van der Waals surface area (Å²) in [5, 5.41) is 9.87. The van der Waals surface area contributed by atoms with Gasteiger partial charge in [0.05, 0.1) is 18.2 Å². The quantitative estimate of drug-likeness (QED) is 0.845. The van der Waals surface area contributed by atoms with E-state index in [2.05, 4.69) is 4.98 Å². The van der Waals surface area contributed by atoms with E-state index in [0.29, 0.717) is 5.56 Å². The zero-order valence-electron chi connectivity index (χ0n) is 13.5. The van der Waals surface area contributed by atoms with Crippen LogP contribution in [0, 0.1) is 5.82 Å². The van der Waals surface area contributed by atoms with E-state index < -0.39 is 23.0 Å². The van der Waals surface area contributed by atoms with Gasteiger partial charge < -0.3 is 19.7 Å². The molecule has 0 aliphatic heterocycles. The number of hydrogen-bond donors (Lipinski definition) is 2. The largest absolute Gasteiger partial charge is 0.507 e. The molecule has 0 saturated carbocycles. The first-order valence-electron chi connectivity index (χ1n) is 7.38. The van der Waals surface area contributed by atoms with E-state index in [0.717, 1.165) is 12.3 Å². The fourth-order valence-electron chi connectivity index (χ4n) is 2.38. The zero-order valence-corrected chi connectivity index (χ0v) is 13.5. The van der Waals surface area contributed by atoms with Crippen LogP contribution in [0.2, 0.25) is 0 Å². The molecule has 7 heteroatoms. The summed E-state index contributed by atoms with van der Waals surface area (Å²) in [4.78, 5) is 27.8. The summed E-state index contributed by atoms with van der Waals surface area (Å²) in [5.41, 5.74) is 0.0647. The van der Waals surface area contributed by atoms with Gasteiger partial charge in [-0.05, 0) is 24.6 Å². The highest BCUT2D eigenvalue weighted by atomic mass is 19.1. The van der Waals surface area contributed by atoms with Crippen molar-refractivity contribution in [1.82, 2.24) is 9.88 Å². The van der Waals surface area contributed by atoms with E-state index in [-0.39, 0.29) is 24.8 Å². The van der Waals surface area contributed by atoms with Crippen LogP contribution in [0.5, 0.6) is 5.75 Å². The number of ether oxygens (including phenoxy) is 1. The Morgan fingerprint density at radius 1 is 1.42 bits per heavy atom. The number of H-pyrrole nitrogens is 1. The van der Waals surface area contributed by atoms with Gasteiger partial charge in [0.15, 0.2) is 0 Å². The molecule has 0 aliphatic rings. The predicted molar refractivity (Wildman–Crippen MR) is 86.3 cm³/mol. The molecule has 128 valence electrons. The number of aromatic amines is 1.